The summed E-state index contributed by atoms with van der Waals surface area (Å²) in [7, 11) is 1.50. The van der Waals surface area contributed by atoms with Crippen molar-refractivity contribution in [2.24, 2.45) is 5.41 Å². The van der Waals surface area contributed by atoms with Crippen molar-refractivity contribution in [3.63, 3.8) is 0 Å². The number of methoxy groups -OCH3 is 1. The Kier molecular flexibility index (Phi) is 5.30. The first-order valence-corrected chi connectivity index (χ1v) is 9.06. The van der Waals surface area contributed by atoms with Crippen LogP contribution in [-0.2, 0) is 9.53 Å². The number of rotatable bonds is 6. The number of carbonyl (C=O) groups is 2. The Morgan fingerprint density at radius 3 is 2.71 bits per heavy atom. The van der Waals surface area contributed by atoms with Crippen LogP contribution < -0.4 is 5.32 Å². The molecule has 0 radical (unpaired) electrons. The molecule has 0 bridgehead atoms. The average molecular weight is 339 g/mol. The summed E-state index contributed by atoms with van der Waals surface area (Å²) in [5, 5.41) is 12.5. The lowest BCUT2D eigenvalue weighted by Gasteiger charge is -2.36. The number of hydrogen-bond acceptors (Lipinski definition) is 4. The third-order valence-corrected chi connectivity index (χ3v) is 5.69. The van der Waals surface area contributed by atoms with Gasteiger partial charge in [0.05, 0.1) is 6.61 Å². The smallest absolute Gasteiger partial charge is 0.317 e. The molecule has 3 rings (SSSR count). The molecule has 1 aliphatic carbocycles. The second kappa shape index (κ2) is 7.27. The third-order valence-electron chi connectivity index (χ3n) is 5.69. The van der Waals surface area contributed by atoms with Gasteiger partial charge in [0.2, 0.25) is 0 Å². The second-order valence-corrected chi connectivity index (χ2v) is 7.49. The summed E-state index contributed by atoms with van der Waals surface area (Å²) in [5.41, 5.74) is -0.961. The van der Waals surface area contributed by atoms with Crippen molar-refractivity contribution in [1.82, 2.24) is 15.1 Å². The van der Waals surface area contributed by atoms with E-state index in [1.807, 2.05) is 0 Å². The molecule has 2 N–H and O–H groups in total. The molecule has 136 valence electrons. The van der Waals surface area contributed by atoms with Gasteiger partial charge in [-0.3, -0.25) is 9.69 Å². The largest absolute Gasteiger partial charge is 0.481 e. The van der Waals surface area contributed by atoms with Crippen LogP contribution in [0.25, 0.3) is 0 Å². The molecule has 2 heterocycles. The average Bonchev–Trinajstić information content (AvgIpc) is 3.33. The highest BCUT2D eigenvalue weighted by atomic mass is 16.5. The van der Waals surface area contributed by atoms with E-state index in [1.165, 1.54) is 32.8 Å². The molecule has 2 amide bonds. The van der Waals surface area contributed by atoms with Gasteiger partial charge in [0, 0.05) is 38.8 Å². The van der Waals surface area contributed by atoms with Gasteiger partial charge < -0.3 is 20.1 Å². The number of piperidine rings is 1. The van der Waals surface area contributed by atoms with Crippen LogP contribution in [0.5, 0.6) is 0 Å². The Morgan fingerprint density at radius 2 is 2.04 bits per heavy atom. The van der Waals surface area contributed by atoms with E-state index in [0.717, 1.165) is 19.0 Å². The van der Waals surface area contributed by atoms with Gasteiger partial charge >= 0.3 is 12.0 Å². The molecule has 0 aromatic rings. The maximum atomic E-state index is 12.5. The fourth-order valence-corrected chi connectivity index (χ4v) is 4.12. The molecule has 0 aromatic heterocycles. The Bertz CT molecular complexity index is 482. The van der Waals surface area contributed by atoms with Crippen molar-refractivity contribution < 1.29 is 19.4 Å². The molecule has 7 nitrogen and oxygen atoms in total. The first-order valence-electron chi connectivity index (χ1n) is 9.06. The van der Waals surface area contributed by atoms with E-state index in [9.17, 15) is 14.7 Å². The third kappa shape index (κ3) is 3.67. The minimum absolute atomic E-state index is 0.143. The van der Waals surface area contributed by atoms with Gasteiger partial charge in [-0.15, -0.1) is 0 Å². The van der Waals surface area contributed by atoms with E-state index in [-0.39, 0.29) is 19.2 Å². The number of aliphatic carboxylic acids is 1. The van der Waals surface area contributed by atoms with E-state index < -0.39 is 11.4 Å². The zero-order valence-electron chi connectivity index (χ0n) is 14.5. The van der Waals surface area contributed by atoms with Crippen molar-refractivity contribution in [3.8, 4) is 0 Å². The molecule has 2 atom stereocenters. The van der Waals surface area contributed by atoms with Gasteiger partial charge in [0.25, 0.3) is 0 Å². The summed E-state index contributed by atoms with van der Waals surface area (Å²) in [6.07, 6.45) is 6.64. The highest BCUT2D eigenvalue weighted by Gasteiger charge is 2.46. The lowest BCUT2D eigenvalue weighted by atomic mass is 9.88. The molecule has 3 aliphatic rings. The number of carboxylic acid groups (broad SMARTS) is 1. The number of urea groups is 1. The SMILES string of the molecule is COCC1(C(=O)O)CCN(C(=O)NCC2CCCCN2C2CC2)C1. The van der Waals surface area contributed by atoms with E-state index >= 15 is 0 Å². The summed E-state index contributed by atoms with van der Waals surface area (Å²) in [4.78, 5) is 28.2. The van der Waals surface area contributed by atoms with Gasteiger partial charge in [0.1, 0.15) is 5.41 Å². The fraction of sp³-hybridized carbons (Fsp3) is 0.882. The van der Waals surface area contributed by atoms with Crippen LogP contribution in [0.4, 0.5) is 4.79 Å². The quantitative estimate of drug-likeness (QED) is 0.758. The number of nitrogens with one attached hydrogen (secondary N) is 1. The van der Waals surface area contributed by atoms with Crippen LogP contribution in [0.3, 0.4) is 0 Å². The second-order valence-electron chi connectivity index (χ2n) is 7.49. The molecule has 1 saturated carbocycles. The Hall–Kier alpha value is -1.34. The monoisotopic (exact) mass is 339 g/mol. The Labute approximate surface area is 143 Å². The minimum atomic E-state index is -0.961. The fourth-order valence-electron chi connectivity index (χ4n) is 4.12. The molecule has 0 spiro atoms. The number of likely N-dealkylation sites (tertiary alicyclic amines) is 2. The van der Waals surface area contributed by atoms with Gasteiger partial charge in [-0.1, -0.05) is 6.42 Å². The molecule has 3 fully saturated rings. The van der Waals surface area contributed by atoms with Crippen molar-refractivity contribution in [1.29, 1.82) is 0 Å². The number of amides is 2. The number of nitrogens with zero attached hydrogens (tertiary/aromatic N) is 2. The van der Waals surface area contributed by atoms with Crippen LogP contribution in [-0.4, -0.2) is 78.9 Å². The molecule has 2 aliphatic heterocycles. The molecule has 0 aromatic carbocycles. The molecular formula is C17H29N3O4. The van der Waals surface area contributed by atoms with Gasteiger partial charge in [-0.05, 0) is 38.6 Å². The topological polar surface area (TPSA) is 82.1 Å². The van der Waals surface area contributed by atoms with Crippen LogP contribution in [0.15, 0.2) is 0 Å². The standard InChI is InChI=1S/C17H29N3O4/c1-24-12-17(15(21)22)7-9-19(11-17)16(23)18-10-14-4-2-3-8-20(14)13-5-6-13/h13-14H,2-12H2,1H3,(H,18,23)(H,21,22). The molecule has 2 saturated heterocycles. The Morgan fingerprint density at radius 1 is 1.25 bits per heavy atom. The van der Waals surface area contributed by atoms with E-state index in [2.05, 4.69) is 10.2 Å². The van der Waals surface area contributed by atoms with Crippen LogP contribution in [0.2, 0.25) is 0 Å². The lowest BCUT2D eigenvalue weighted by molar-refractivity contribution is -0.151. The van der Waals surface area contributed by atoms with Crippen LogP contribution in [0.1, 0.15) is 38.5 Å². The molecule has 2 unspecified atom stereocenters. The number of ether oxygens (including phenoxy) is 1. The maximum Gasteiger partial charge on any atom is 0.317 e. The first kappa shape index (κ1) is 17.5. The van der Waals surface area contributed by atoms with Crippen molar-refractivity contribution in [2.45, 2.75) is 50.6 Å². The Balaban J connectivity index is 1.51. The van der Waals surface area contributed by atoms with E-state index in [1.54, 1.807) is 4.90 Å². The first-order chi connectivity index (χ1) is 11.6. The van der Waals surface area contributed by atoms with Gasteiger partial charge in [-0.2, -0.15) is 0 Å². The van der Waals surface area contributed by atoms with Crippen molar-refractivity contribution in [2.75, 3.05) is 39.9 Å². The van der Waals surface area contributed by atoms with Gasteiger partial charge in [-0.25, -0.2) is 4.79 Å². The summed E-state index contributed by atoms with van der Waals surface area (Å²) in [5.74, 6) is -0.883. The van der Waals surface area contributed by atoms with Crippen LogP contribution in [0, 0.1) is 5.41 Å². The van der Waals surface area contributed by atoms with Crippen molar-refractivity contribution in [3.05, 3.63) is 0 Å². The van der Waals surface area contributed by atoms with E-state index in [4.69, 9.17) is 4.74 Å². The van der Waals surface area contributed by atoms with Crippen LogP contribution >= 0.6 is 0 Å². The normalized spacial score (nSPS) is 31.2. The predicted molar refractivity (Wildman–Crippen MR) is 88.9 cm³/mol. The molecule has 7 heteroatoms. The van der Waals surface area contributed by atoms with Gasteiger partial charge in [0.15, 0.2) is 0 Å². The highest BCUT2D eigenvalue weighted by molar-refractivity contribution is 5.79. The maximum absolute atomic E-state index is 12.5. The summed E-state index contributed by atoms with van der Waals surface area (Å²) < 4.78 is 5.08. The van der Waals surface area contributed by atoms with E-state index in [0.29, 0.717) is 25.6 Å². The molecule has 24 heavy (non-hydrogen) atoms. The predicted octanol–water partition coefficient (Wildman–Crippen LogP) is 1.14. The highest BCUT2D eigenvalue weighted by Crippen LogP contribution is 2.33. The summed E-state index contributed by atoms with van der Waals surface area (Å²) >= 11 is 0. The number of hydrogen-bond donors (Lipinski definition) is 2. The zero-order chi connectivity index (χ0) is 17.2. The minimum Gasteiger partial charge on any atom is -0.481 e. The van der Waals surface area contributed by atoms with Crippen molar-refractivity contribution >= 4 is 12.0 Å². The zero-order valence-corrected chi connectivity index (χ0v) is 14.5. The molecular weight excluding hydrogens is 310 g/mol. The summed E-state index contributed by atoms with van der Waals surface area (Å²) in [6.45, 7) is 2.64. The lowest BCUT2D eigenvalue weighted by Crippen LogP contribution is -2.50. The number of carboxylic acids is 1. The summed E-state index contributed by atoms with van der Waals surface area (Å²) in [6, 6.07) is 1.01. The number of carbonyl (C=O) groups excluding carboxylic acids is 1.